The smallest absolute Gasteiger partial charge is 0.330 e. The molecule has 12 nitrogen and oxygen atoms in total. The van der Waals surface area contributed by atoms with Crippen molar-refractivity contribution in [2.45, 2.75) is 103 Å². The molecular formula is C45H57N4O8P. The Morgan fingerprint density at radius 2 is 1.59 bits per heavy atom. The summed E-state index contributed by atoms with van der Waals surface area (Å²) in [6.45, 7) is 12.6. The van der Waals surface area contributed by atoms with Crippen molar-refractivity contribution in [3.63, 3.8) is 0 Å². The summed E-state index contributed by atoms with van der Waals surface area (Å²) in [5.41, 5.74) is 0.214. The number of benzene rings is 3. The number of aryl methyl sites for hydroxylation is 1. The van der Waals surface area contributed by atoms with Crippen molar-refractivity contribution in [2.24, 2.45) is 11.8 Å². The quantitative estimate of drug-likeness (QED) is 0.0777. The third-order valence-electron chi connectivity index (χ3n) is 11.5. The number of hydrogen-bond donors (Lipinski definition) is 1. The summed E-state index contributed by atoms with van der Waals surface area (Å²) in [7, 11) is 1.59. The first kappa shape index (κ1) is 43.2. The molecular weight excluding hydrogens is 755 g/mol. The van der Waals surface area contributed by atoms with Crippen LogP contribution in [0.5, 0.6) is 11.5 Å². The van der Waals surface area contributed by atoms with Gasteiger partial charge in [-0.25, -0.2) is 9.46 Å². The van der Waals surface area contributed by atoms with Crippen LogP contribution in [0.1, 0.15) is 82.4 Å². The first-order chi connectivity index (χ1) is 27.9. The highest BCUT2D eigenvalue weighted by atomic mass is 31.2. The molecule has 1 saturated carbocycles. The zero-order valence-electron chi connectivity index (χ0n) is 34.8. The fraction of sp³-hybridized carbons (Fsp3) is 0.489. The summed E-state index contributed by atoms with van der Waals surface area (Å²) in [5, 5.41) is 9.47. The molecule has 13 heteroatoms. The summed E-state index contributed by atoms with van der Waals surface area (Å²) in [5.74, 6) is 1.22. The van der Waals surface area contributed by atoms with Crippen LogP contribution in [0.15, 0.2) is 94.6 Å². The zero-order chi connectivity index (χ0) is 41.6. The van der Waals surface area contributed by atoms with E-state index < -0.39 is 43.3 Å². The Balaban J connectivity index is 1.51. The van der Waals surface area contributed by atoms with Crippen LogP contribution in [0.3, 0.4) is 0 Å². The summed E-state index contributed by atoms with van der Waals surface area (Å²) in [4.78, 5) is 28.7. The average Bonchev–Trinajstić information content (AvgIpc) is 3.44. The van der Waals surface area contributed by atoms with Crippen molar-refractivity contribution in [3.05, 3.63) is 128 Å². The van der Waals surface area contributed by atoms with Crippen LogP contribution in [0.2, 0.25) is 0 Å². The highest BCUT2D eigenvalue weighted by molar-refractivity contribution is 7.44. The fourth-order valence-electron chi connectivity index (χ4n) is 8.53. The van der Waals surface area contributed by atoms with Crippen LogP contribution >= 0.6 is 8.53 Å². The lowest BCUT2D eigenvalue weighted by Crippen LogP contribution is -2.53. The SMILES string of the molecule is COc1ccc(CC(OC[C@@]23CC[C@@H](C)C([C@H](n4cc(C)c(=O)[nH]c4=O)O2)[C@@H]3OP(OCCC#N)N(C(C)C)C(C)C)(c2ccccc2)c2ccc(OC)cc2)cc1. The van der Waals surface area contributed by atoms with Gasteiger partial charge in [-0.05, 0) is 94.3 Å². The van der Waals surface area contributed by atoms with E-state index in [1.807, 2.05) is 54.6 Å². The van der Waals surface area contributed by atoms with Crippen molar-refractivity contribution in [3.8, 4) is 17.6 Å². The van der Waals surface area contributed by atoms with E-state index in [4.69, 9.17) is 28.0 Å². The van der Waals surface area contributed by atoms with E-state index in [0.29, 0.717) is 18.4 Å². The van der Waals surface area contributed by atoms with Gasteiger partial charge in [-0.2, -0.15) is 5.26 Å². The summed E-state index contributed by atoms with van der Waals surface area (Å²) >= 11 is 0. The lowest BCUT2D eigenvalue weighted by atomic mass is 9.72. The molecule has 2 fully saturated rings. The van der Waals surface area contributed by atoms with E-state index in [2.05, 4.69) is 74.6 Å². The molecule has 2 aliphatic rings. The molecule has 0 amide bonds. The molecule has 0 spiro atoms. The van der Waals surface area contributed by atoms with Gasteiger partial charge in [-0.3, -0.25) is 14.3 Å². The van der Waals surface area contributed by atoms with Gasteiger partial charge in [0, 0.05) is 36.2 Å². The third-order valence-corrected chi connectivity index (χ3v) is 13.6. The normalized spacial score (nSPS) is 23.1. The molecule has 1 aromatic heterocycles. The molecule has 1 aliphatic heterocycles. The van der Waals surface area contributed by atoms with E-state index in [1.54, 1.807) is 27.3 Å². The Bertz CT molecular complexity index is 2110. The van der Waals surface area contributed by atoms with Crippen LogP contribution < -0.4 is 20.7 Å². The molecule has 3 unspecified atom stereocenters. The van der Waals surface area contributed by atoms with Crippen LogP contribution in [0, 0.1) is 30.1 Å². The topological polar surface area (TPSA) is 137 Å². The molecule has 2 heterocycles. The minimum absolute atomic E-state index is 0.0607. The van der Waals surface area contributed by atoms with Gasteiger partial charge < -0.3 is 28.0 Å². The van der Waals surface area contributed by atoms with Gasteiger partial charge in [0.1, 0.15) is 35.0 Å². The van der Waals surface area contributed by atoms with Gasteiger partial charge in [-0.1, -0.05) is 61.5 Å². The maximum atomic E-state index is 13.6. The second-order valence-corrected chi connectivity index (χ2v) is 17.4. The van der Waals surface area contributed by atoms with E-state index >= 15 is 0 Å². The standard InChI is InChI=1S/C45H57N4O8P/c1-30(2)49(31(3)4)58(55-26-12-25-46)57-40-39-32(5)23-24-44(40,56-42(39)48-28-33(6)41(50)47-43(48)51)29-54-45(35-13-10-9-11-14-35,36-17-21-38(53-8)22-18-36)27-34-15-19-37(52-7)20-16-34/h9-11,13-22,28,30-32,39-40,42H,12,23-24,26-27,29H2,1-8H3,(H,47,50,51)/t32-,39?,40+,42-,44-,45?,58?/m1/s1. The molecule has 310 valence electrons. The lowest BCUT2D eigenvalue weighted by molar-refractivity contribution is -0.169. The van der Waals surface area contributed by atoms with Crippen molar-refractivity contribution in [1.29, 1.82) is 5.26 Å². The average molecular weight is 813 g/mol. The zero-order valence-corrected chi connectivity index (χ0v) is 35.7. The second kappa shape index (κ2) is 18.7. The predicted octanol–water partition coefficient (Wildman–Crippen LogP) is 8.04. The number of fused-ring (bicyclic) bond motifs is 2. The Kier molecular flexibility index (Phi) is 14.0. The van der Waals surface area contributed by atoms with Gasteiger partial charge in [-0.15, -0.1) is 0 Å². The minimum atomic E-state index is -1.71. The van der Waals surface area contributed by atoms with E-state index in [9.17, 15) is 14.9 Å². The molecule has 58 heavy (non-hydrogen) atoms. The molecule has 1 saturated heterocycles. The highest BCUT2D eigenvalue weighted by Gasteiger charge is 2.63. The molecule has 4 aromatic rings. The number of nitrogens with zero attached hydrogens (tertiary/aromatic N) is 3. The largest absolute Gasteiger partial charge is 0.497 e. The molecule has 7 atom stereocenters. The van der Waals surface area contributed by atoms with Crippen LogP contribution in [-0.2, 0) is 30.5 Å². The highest BCUT2D eigenvalue weighted by Crippen LogP contribution is 2.60. The first-order valence-electron chi connectivity index (χ1n) is 20.1. The summed E-state index contributed by atoms with van der Waals surface area (Å²) in [6, 6.07) is 28.5. The van der Waals surface area contributed by atoms with Gasteiger partial charge in [0.25, 0.3) is 14.1 Å². The molecule has 2 bridgehead atoms. The number of H-pyrrole nitrogens is 1. The number of nitriles is 1. The third kappa shape index (κ3) is 8.96. The Labute approximate surface area is 343 Å². The minimum Gasteiger partial charge on any atom is -0.497 e. The second-order valence-electron chi connectivity index (χ2n) is 16.0. The van der Waals surface area contributed by atoms with Crippen molar-refractivity contribution in [2.75, 3.05) is 27.4 Å². The number of rotatable bonds is 18. The molecule has 3 aromatic carbocycles. The van der Waals surface area contributed by atoms with E-state index in [0.717, 1.165) is 34.6 Å². The van der Waals surface area contributed by atoms with Crippen LogP contribution in [0.25, 0.3) is 0 Å². The van der Waals surface area contributed by atoms with E-state index in [1.165, 1.54) is 4.57 Å². The Morgan fingerprint density at radius 1 is 0.966 bits per heavy atom. The number of aromatic amines is 1. The Hall–Kier alpha value is -4.34. The lowest BCUT2D eigenvalue weighted by Gasteiger charge is -2.46. The summed E-state index contributed by atoms with van der Waals surface area (Å²) < 4.78 is 43.4. The number of hydrogen-bond acceptors (Lipinski definition) is 10. The van der Waals surface area contributed by atoms with Crippen molar-refractivity contribution < 1.29 is 28.0 Å². The number of aromatic nitrogens is 2. The predicted molar refractivity (Wildman–Crippen MR) is 224 cm³/mol. The van der Waals surface area contributed by atoms with Gasteiger partial charge in [0.2, 0.25) is 0 Å². The van der Waals surface area contributed by atoms with E-state index in [-0.39, 0.29) is 43.6 Å². The molecule has 1 aliphatic carbocycles. The van der Waals surface area contributed by atoms with Gasteiger partial charge in [0.15, 0.2) is 0 Å². The molecule has 1 N–H and O–H groups in total. The fourth-order valence-corrected chi connectivity index (χ4v) is 10.4. The Morgan fingerprint density at radius 3 is 2.19 bits per heavy atom. The monoisotopic (exact) mass is 812 g/mol. The number of methoxy groups -OCH3 is 2. The van der Waals surface area contributed by atoms with Crippen molar-refractivity contribution >= 4 is 8.53 Å². The maximum absolute atomic E-state index is 13.6. The maximum Gasteiger partial charge on any atom is 0.330 e. The van der Waals surface area contributed by atoms with Gasteiger partial charge >= 0.3 is 5.69 Å². The first-order valence-corrected chi connectivity index (χ1v) is 21.2. The summed E-state index contributed by atoms with van der Waals surface area (Å²) in [6.07, 6.45) is 2.25. The molecule has 0 radical (unpaired) electrons. The number of nitrogens with one attached hydrogen (secondary N) is 1. The number of ether oxygens (including phenoxy) is 4. The van der Waals surface area contributed by atoms with Gasteiger partial charge in [0.05, 0.1) is 39.9 Å². The van der Waals surface area contributed by atoms with Crippen molar-refractivity contribution in [1.82, 2.24) is 14.2 Å². The van der Waals surface area contributed by atoms with Crippen LogP contribution in [-0.4, -0.2) is 65.4 Å². The van der Waals surface area contributed by atoms with Crippen LogP contribution in [0.4, 0.5) is 0 Å². The molecule has 6 rings (SSSR count).